The summed E-state index contributed by atoms with van der Waals surface area (Å²) in [6.45, 7) is 3.56. The second-order valence-corrected chi connectivity index (χ2v) is 8.53. The van der Waals surface area contributed by atoms with Crippen LogP contribution in [0.25, 0.3) is 0 Å². The Kier molecular flexibility index (Phi) is 9.00. The van der Waals surface area contributed by atoms with Gasteiger partial charge < -0.3 is 14.9 Å². The van der Waals surface area contributed by atoms with Gasteiger partial charge in [0.15, 0.2) is 0 Å². The number of carbonyl (C=O) groups is 2. The van der Waals surface area contributed by atoms with Crippen LogP contribution in [0.4, 0.5) is 0 Å². The molecule has 1 saturated carbocycles. The number of allylic oxidation sites excluding steroid dienone is 2. The van der Waals surface area contributed by atoms with E-state index >= 15 is 0 Å². The first-order valence-corrected chi connectivity index (χ1v) is 10.6. The topological polar surface area (TPSA) is 83.8 Å². The van der Waals surface area contributed by atoms with Gasteiger partial charge in [0.05, 0.1) is 24.7 Å². The maximum Gasteiger partial charge on any atom is 0.305 e. The van der Waals surface area contributed by atoms with Crippen molar-refractivity contribution in [3.05, 3.63) is 60.2 Å². The molecule has 2 rings (SSSR count). The molecule has 1 aliphatic carbocycles. The molecular weight excluding hydrogens is 380 g/mol. The second-order valence-electron chi connectivity index (χ2n) is 8.53. The van der Waals surface area contributed by atoms with E-state index in [1.807, 2.05) is 42.5 Å². The zero-order chi connectivity index (χ0) is 22.1. The van der Waals surface area contributed by atoms with E-state index in [1.54, 1.807) is 26.0 Å². The molecule has 0 aliphatic heterocycles. The van der Waals surface area contributed by atoms with Crippen LogP contribution in [-0.2, 0) is 20.7 Å². The second kappa shape index (κ2) is 11.2. The van der Waals surface area contributed by atoms with Crippen LogP contribution in [0, 0.1) is 17.3 Å². The lowest BCUT2D eigenvalue weighted by Gasteiger charge is -2.22. The fourth-order valence-electron chi connectivity index (χ4n) is 4.01. The van der Waals surface area contributed by atoms with E-state index in [2.05, 4.69) is 4.74 Å². The van der Waals surface area contributed by atoms with Gasteiger partial charge in [0, 0.05) is 24.7 Å². The number of hydrogen-bond donors (Lipinski definition) is 2. The van der Waals surface area contributed by atoms with E-state index in [4.69, 9.17) is 0 Å². The predicted octanol–water partition coefficient (Wildman–Crippen LogP) is 3.64. The minimum absolute atomic E-state index is 0.0430. The van der Waals surface area contributed by atoms with E-state index in [1.165, 1.54) is 7.11 Å². The summed E-state index contributed by atoms with van der Waals surface area (Å²) in [5.41, 5.74) is 0.215. The first-order chi connectivity index (χ1) is 14.3. The molecule has 5 nitrogen and oxygen atoms in total. The molecule has 0 unspecified atom stereocenters. The first-order valence-electron chi connectivity index (χ1n) is 10.6. The molecule has 0 aromatic heterocycles. The standard InChI is InChI=1S/C25H34O5/c1-25(2)23(28)20(13-9-4-5-10-14-22(27)30-3)21(24(25)29)16-15-19(26)17-18-11-7-6-8-12-18/h4,6-9,11-12,15-16,19-21,24,26,29H,5,10,13-14,17H2,1-3H3/t19-,20-,21-,24+/m1/s1. The van der Waals surface area contributed by atoms with Gasteiger partial charge in [0.1, 0.15) is 5.78 Å². The fourth-order valence-corrected chi connectivity index (χ4v) is 4.01. The third kappa shape index (κ3) is 6.38. The highest BCUT2D eigenvalue weighted by molar-refractivity contribution is 5.90. The Morgan fingerprint density at radius 3 is 2.60 bits per heavy atom. The Morgan fingerprint density at radius 2 is 1.93 bits per heavy atom. The average molecular weight is 415 g/mol. The molecule has 30 heavy (non-hydrogen) atoms. The molecular formula is C25H34O5. The summed E-state index contributed by atoms with van der Waals surface area (Å²) < 4.78 is 4.62. The van der Waals surface area contributed by atoms with Gasteiger partial charge in [0.25, 0.3) is 0 Å². The lowest BCUT2D eigenvalue weighted by Crippen LogP contribution is -2.31. The molecule has 1 aliphatic rings. The molecule has 1 aromatic rings. The highest BCUT2D eigenvalue weighted by Gasteiger charge is 2.52. The van der Waals surface area contributed by atoms with Crippen molar-refractivity contribution in [3.8, 4) is 0 Å². The van der Waals surface area contributed by atoms with Gasteiger partial charge in [-0.25, -0.2) is 0 Å². The van der Waals surface area contributed by atoms with Gasteiger partial charge in [-0.3, -0.25) is 9.59 Å². The molecule has 5 heteroatoms. The maximum absolute atomic E-state index is 12.9. The van der Waals surface area contributed by atoms with Crippen molar-refractivity contribution in [3.63, 3.8) is 0 Å². The number of methoxy groups -OCH3 is 1. The molecule has 0 saturated heterocycles. The largest absolute Gasteiger partial charge is 0.469 e. The SMILES string of the molecule is COC(=O)CCCC=CC[C@H]1C(=O)C(C)(C)[C@@H](O)[C@@H]1C=C[C@@H](O)Cc1ccccc1. The van der Waals surface area contributed by atoms with Crippen LogP contribution in [-0.4, -0.2) is 41.3 Å². The van der Waals surface area contributed by atoms with E-state index in [0.717, 1.165) is 12.0 Å². The number of aliphatic hydroxyl groups is 2. The molecule has 4 atom stereocenters. The van der Waals surface area contributed by atoms with Gasteiger partial charge in [0.2, 0.25) is 0 Å². The summed E-state index contributed by atoms with van der Waals surface area (Å²) in [4.78, 5) is 24.0. The van der Waals surface area contributed by atoms with Crippen molar-refractivity contribution in [1.29, 1.82) is 0 Å². The van der Waals surface area contributed by atoms with Crippen LogP contribution in [0.2, 0.25) is 0 Å². The third-order valence-electron chi connectivity index (χ3n) is 5.92. The quantitative estimate of drug-likeness (QED) is 0.347. The number of aliphatic hydroxyl groups excluding tert-OH is 2. The molecule has 2 N–H and O–H groups in total. The van der Waals surface area contributed by atoms with Crippen LogP contribution >= 0.6 is 0 Å². The van der Waals surface area contributed by atoms with E-state index in [-0.39, 0.29) is 23.6 Å². The molecule has 164 valence electrons. The maximum atomic E-state index is 12.9. The van der Waals surface area contributed by atoms with Crippen LogP contribution in [0.3, 0.4) is 0 Å². The van der Waals surface area contributed by atoms with Crippen molar-refractivity contribution in [1.82, 2.24) is 0 Å². The summed E-state index contributed by atoms with van der Waals surface area (Å²) in [5, 5.41) is 21.1. The van der Waals surface area contributed by atoms with Crippen LogP contribution < -0.4 is 0 Å². The van der Waals surface area contributed by atoms with Crippen LogP contribution in [0.1, 0.15) is 45.1 Å². The molecule has 0 radical (unpaired) electrons. The van der Waals surface area contributed by atoms with Crippen molar-refractivity contribution in [2.24, 2.45) is 17.3 Å². The molecule has 0 bridgehead atoms. The Balaban J connectivity index is 1.98. The summed E-state index contributed by atoms with van der Waals surface area (Å²) in [5.74, 6) is -0.843. The summed E-state index contributed by atoms with van der Waals surface area (Å²) >= 11 is 0. The molecule has 0 amide bonds. The smallest absolute Gasteiger partial charge is 0.305 e. The zero-order valence-electron chi connectivity index (χ0n) is 18.2. The minimum atomic E-state index is -0.817. The summed E-state index contributed by atoms with van der Waals surface area (Å²) in [6, 6.07) is 9.72. The van der Waals surface area contributed by atoms with Crippen molar-refractivity contribution < 1.29 is 24.5 Å². The zero-order valence-corrected chi connectivity index (χ0v) is 18.2. The van der Waals surface area contributed by atoms with E-state index < -0.39 is 17.6 Å². The highest BCUT2D eigenvalue weighted by Crippen LogP contribution is 2.44. The normalized spacial score (nSPS) is 24.6. The molecule has 1 aromatic carbocycles. The van der Waals surface area contributed by atoms with Crippen molar-refractivity contribution in [2.75, 3.05) is 7.11 Å². The lowest BCUT2D eigenvalue weighted by molar-refractivity contribution is -0.140. The Bertz CT molecular complexity index is 750. The van der Waals surface area contributed by atoms with Crippen molar-refractivity contribution in [2.45, 2.75) is 58.2 Å². The van der Waals surface area contributed by atoms with Crippen LogP contribution in [0.15, 0.2) is 54.6 Å². The Morgan fingerprint density at radius 1 is 1.23 bits per heavy atom. The fraction of sp³-hybridized carbons (Fsp3) is 0.520. The van der Waals surface area contributed by atoms with Gasteiger partial charge >= 0.3 is 5.97 Å². The van der Waals surface area contributed by atoms with Gasteiger partial charge in [-0.05, 0) is 24.8 Å². The summed E-state index contributed by atoms with van der Waals surface area (Å²) in [6.07, 6.45) is 8.79. The number of carbonyl (C=O) groups excluding carboxylic acids is 2. The van der Waals surface area contributed by atoms with E-state index in [0.29, 0.717) is 25.7 Å². The Labute approximate surface area is 179 Å². The van der Waals surface area contributed by atoms with Gasteiger partial charge in [-0.2, -0.15) is 0 Å². The number of ether oxygens (including phenoxy) is 1. The number of benzene rings is 1. The summed E-state index contributed by atoms with van der Waals surface area (Å²) in [7, 11) is 1.38. The monoisotopic (exact) mass is 414 g/mol. The number of hydrogen-bond acceptors (Lipinski definition) is 5. The first kappa shape index (κ1) is 24.0. The highest BCUT2D eigenvalue weighted by atomic mass is 16.5. The number of esters is 1. The van der Waals surface area contributed by atoms with Crippen LogP contribution in [0.5, 0.6) is 0 Å². The molecule has 0 spiro atoms. The molecule has 1 fully saturated rings. The third-order valence-corrected chi connectivity index (χ3v) is 5.92. The van der Waals surface area contributed by atoms with Crippen molar-refractivity contribution >= 4 is 11.8 Å². The number of rotatable bonds is 10. The number of ketones is 1. The predicted molar refractivity (Wildman–Crippen MR) is 117 cm³/mol. The minimum Gasteiger partial charge on any atom is -0.469 e. The van der Waals surface area contributed by atoms with Gasteiger partial charge in [-0.1, -0.05) is 68.5 Å². The number of Topliss-reactive ketones (excluding diaryl/α,β-unsaturated/α-hetero) is 1. The average Bonchev–Trinajstić information content (AvgIpc) is 2.89. The van der Waals surface area contributed by atoms with Gasteiger partial charge in [-0.15, -0.1) is 0 Å². The Hall–Kier alpha value is -2.24. The molecule has 0 heterocycles. The number of unbranched alkanes of at least 4 members (excludes halogenated alkanes) is 1. The van der Waals surface area contributed by atoms with E-state index in [9.17, 15) is 19.8 Å². The lowest BCUT2D eigenvalue weighted by atomic mass is 9.86.